The number of piperazine rings is 1. The quantitative estimate of drug-likeness (QED) is 0.442. The second-order valence-corrected chi connectivity index (χ2v) is 9.82. The number of nitrogens with zero attached hydrogens (tertiary/aromatic N) is 8. The summed E-state index contributed by atoms with van der Waals surface area (Å²) in [4.78, 5) is 29.5. The molecule has 40 heavy (non-hydrogen) atoms. The molecular weight excluding hydrogens is 514 g/mol. The van der Waals surface area contributed by atoms with Crippen molar-refractivity contribution < 1.29 is 18.7 Å². The van der Waals surface area contributed by atoms with Crippen molar-refractivity contribution in [3.63, 3.8) is 0 Å². The maximum absolute atomic E-state index is 13.3. The largest absolute Gasteiger partial charge is 0.491 e. The van der Waals surface area contributed by atoms with E-state index in [1.807, 2.05) is 41.2 Å². The standard InChI is InChI=1S/C27H35N9O4/c1-28-35-19-29-23(22-5-4-16-40-22)24-25(35)30-26-34(27(37)31(2)36(24)26)15-12-32-10-13-33(14-11-32)20-6-8-21(9-7-20)39-18-17-38-3/h4-9,16,19,26,28H,10-15,17-18H2,1-3H3. The van der Waals surface area contributed by atoms with Crippen LogP contribution < -0.4 is 15.1 Å². The van der Waals surface area contributed by atoms with Gasteiger partial charge in [-0.1, -0.05) is 0 Å². The Bertz CT molecular complexity index is 1290. The fourth-order valence-electron chi connectivity index (χ4n) is 5.39. The molecule has 1 N–H and O–H groups in total. The number of fused-ring (bicyclic) bond motifs is 3. The molecule has 13 heteroatoms. The van der Waals surface area contributed by atoms with Crippen LogP contribution in [0.15, 0.2) is 62.8 Å². The fourth-order valence-corrected chi connectivity index (χ4v) is 5.39. The van der Waals surface area contributed by atoms with Gasteiger partial charge in [0, 0.05) is 66.2 Å². The number of methoxy groups -OCH3 is 1. The van der Waals surface area contributed by atoms with Crippen LogP contribution in [-0.4, -0.2) is 123 Å². The van der Waals surface area contributed by atoms with E-state index in [1.165, 1.54) is 5.69 Å². The lowest BCUT2D eigenvalue weighted by atomic mass is 10.2. The number of hydrazine groups is 2. The van der Waals surface area contributed by atoms with E-state index in [2.05, 4.69) is 32.4 Å². The predicted octanol–water partition coefficient (Wildman–Crippen LogP) is 1.55. The molecule has 0 radical (unpaired) electrons. The Morgan fingerprint density at radius 2 is 1.88 bits per heavy atom. The third-order valence-electron chi connectivity index (χ3n) is 7.56. The van der Waals surface area contributed by atoms with E-state index >= 15 is 0 Å². The lowest BCUT2D eigenvalue weighted by Gasteiger charge is -2.36. The van der Waals surface area contributed by atoms with Crippen molar-refractivity contribution in [2.45, 2.75) is 6.29 Å². The molecule has 1 aromatic heterocycles. The Kier molecular flexibility index (Phi) is 7.32. The maximum atomic E-state index is 13.3. The monoisotopic (exact) mass is 549 g/mol. The number of carbonyl (C=O) groups excluding carboxylic acids is 1. The topological polar surface area (TPSA) is 105 Å². The van der Waals surface area contributed by atoms with E-state index < -0.39 is 6.29 Å². The minimum atomic E-state index is -0.476. The van der Waals surface area contributed by atoms with Crippen LogP contribution in [0.1, 0.15) is 5.76 Å². The average Bonchev–Trinajstić information content (AvgIpc) is 3.71. The Balaban J connectivity index is 1.09. The third-order valence-corrected chi connectivity index (χ3v) is 7.56. The number of furan rings is 1. The van der Waals surface area contributed by atoms with Gasteiger partial charge in [-0.25, -0.2) is 35.2 Å². The molecule has 0 bridgehead atoms. The second-order valence-electron chi connectivity index (χ2n) is 9.82. The fraction of sp³-hybridized carbons (Fsp3) is 0.444. The van der Waals surface area contributed by atoms with E-state index in [-0.39, 0.29) is 6.03 Å². The summed E-state index contributed by atoms with van der Waals surface area (Å²) >= 11 is 0. The summed E-state index contributed by atoms with van der Waals surface area (Å²) in [6.45, 7) is 6.13. The minimum absolute atomic E-state index is 0.0869. The normalized spacial score (nSPS) is 21.0. The highest BCUT2D eigenvalue weighted by Crippen LogP contribution is 2.38. The first-order valence-electron chi connectivity index (χ1n) is 13.5. The van der Waals surface area contributed by atoms with Gasteiger partial charge in [0.25, 0.3) is 0 Å². The van der Waals surface area contributed by atoms with Gasteiger partial charge in [0.05, 0.1) is 12.9 Å². The number of nitrogens with one attached hydrogen (secondary N) is 1. The van der Waals surface area contributed by atoms with Crippen molar-refractivity contribution in [2.24, 2.45) is 9.98 Å². The first-order valence-corrected chi connectivity index (χ1v) is 13.5. The number of urea groups is 1. The number of amidine groups is 1. The van der Waals surface area contributed by atoms with E-state index in [4.69, 9.17) is 18.9 Å². The number of benzene rings is 1. The van der Waals surface area contributed by atoms with Gasteiger partial charge in [-0.15, -0.1) is 0 Å². The van der Waals surface area contributed by atoms with Crippen LogP contribution in [0.4, 0.5) is 10.5 Å². The maximum Gasteiger partial charge on any atom is 0.341 e. The van der Waals surface area contributed by atoms with E-state index in [0.717, 1.165) is 44.2 Å². The van der Waals surface area contributed by atoms with Crippen LogP contribution in [0, 0.1) is 0 Å². The van der Waals surface area contributed by atoms with Crippen molar-refractivity contribution >= 4 is 29.6 Å². The summed E-state index contributed by atoms with van der Waals surface area (Å²) in [6.07, 6.45) is 2.82. The van der Waals surface area contributed by atoms with Crippen LogP contribution in [0.2, 0.25) is 0 Å². The zero-order valence-corrected chi connectivity index (χ0v) is 23.1. The molecule has 13 nitrogen and oxygen atoms in total. The van der Waals surface area contributed by atoms with Gasteiger partial charge >= 0.3 is 6.03 Å². The molecule has 6 rings (SSSR count). The van der Waals surface area contributed by atoms with Crippen LogP contribution in [0.5, 0.6) is 5.75 Å². The summed E-state index contributed by atoms with van der Waals surface area (Å²) in [6, 6.07) is 11.8. The molecule has 1 atom stereocenters. The van der Waals surface area contributed by atoms with E-state index in [9.17, 15) is 4.79 Å². The Morgan fingerprint density at radius 3 is 2.58 bits per heavy atom. The van der Waals surface area contributed by atoms with Gasteiger partial charge in [0.15, 0.2) is 11.6 Å². The van der Waals surface area contributed by atoms with Gasteiger partial charge in [-0.3, -0.25) is 9.80 Å². The number of anilines is 1. The molecule has 212 valence electrons. The number of aliphatic imine (C=N–C) groups is 2. The molecule has 2 fully saturated rings. The summed E-state index contributed by atoms with van der Waals surface area (Å²) in [7, 11) is 5.25. The molecule has 5 heterocycles. The zero-order chi connectivity index (χ0) is 27.6. The highest BCUT2D eigenvalue weighted by Gasteiger charge is 2.51. The molecule has 0 saturated carbocycles. The summed E-state index contributed by atoms with van der Waals surface area (Å²) in [5, 5.41) is 5.28. The van der Waals surface area contributed by atoms with Crippen molar-refractivity contribution in [2.75, 3.05) is 78.6 Å². The zero-order valence-electron chi connectivity index (χ0n) is 23.1. The molecule has 1 aromatic carbocycles. The third kappa shape index (κ3) is 4.76. The number of rotatable bonds is 10. The summed E-state index contributed by atoms with van der Waals surface area (Å²) in [5.74, 6) is 2.17. The first kappa shape index (κ1) is 26.2. The van der Waals surface area contributed by atoms with Gasteiger partial charge in [0.1, 0.15) is 30.1 Å². The molecule has 4 aliphatic rings. The van der Waals surface area contributed by atoms with Crippen LogP contribution in [0.25, 0.3) is 5.70 Å². The molecule has 4 aliphatic heterocycles. The Hall–Kier alpha value is -4.07. The molecule has 0 spiro atoms. The van der Waals surface area contributed by atoms with Crippen molar-refractivity contribution in [1.29, 1.82) is 0 Å². The molecular formula is C27H35N9O4. The smallest absolute Gasteiger partial charge is 0.341 e. The van der Waals surface area contributed by atoms with Crippen molar-refractivity contribution in [3.05, 3.63) is 54.1 Å². The molecule has 2 amide bonds. The summed E-state index contributed by atoms with van der Waals surface area (Å²) < 4.78 is 16.4. The molecule has 2 aromatic rings. The lowest BCUT2D eigenvalue weighted by Crippen LogP contribution is -2.49. The Labute approximate surface area is 233 Å². The molecule has 1 unspecified atom stereocenters. The summed E-state index contributed by atoms with van der Waals surface area (Å²) in [5.41, 5.74) is 5.67. The first-order chi connectivity index (χ1) is 19.6. The number of hydrogen-bond donors (Lipinski definition) is 1. The Morgan fingerprint density at radius 1 is 1.07 bits per heavy atom. The van der Waals surface area contributed by atoms with Gasteiger partial charge in [0.2, 0.25) is 6.29 Å². The van der Waals surface area contributed by atoms with Crippen LogP contribution in [-0.2, 0) is 4.74 Å². The van der Waals surface area contributed by atoms with Crippen LogP contribution in [0.3, 0.4) is 0 Å². The highest BCUT2D eigenvalue weighted by atomic mass is 16.5. The average molecular weight is 550 g/mol. The van der Waals surface area contributed by atoms with Crippen LogP contribution >= 0.6 is 0 Å². The molecule has 0 aliphatic carbocycles. The number of amides is 2. The van der Waals surface area contributed by atoms with Gasteiger partial charge < -0.3 is 18.8 Å². The van der Waals surface area contributed by atoms with Gasteiger partial charge in [-0.2, -0.15) is 0 Å². The highest BCUT2D eigenvalue weighted by molar-refractivity contribution is 6.13. The minimum Gasteiger partial charge on any atom is -0.491 e. The number of hydrogen-bond acceptors (Lipinski definition) is 11. The second kappa shape index (κ2) is 11.2. The number of ether oxygens (including phenoxy) is 2. The van der Waals surface area contributed by atoms with Crippen molar-refractivity contribution in [1.82, 2.24) is 30.3 Å². The van der Waals surface area contributed by atoms with Crippen molar-refractivity contribution in [3.8, 4) is 5.75 Å². The molecule has 2 saturated heterocycles. The van der Waals surface area contributed by atoms with E-state index in [1.54, 1.807) is 36.8 Å². The SMILES string of the molecule is CNN1C=NC(c2ccco2)=C2C1=NC1N(CCN3CCN(c4ccc(OCCOC)cc4)CC3)C(=O)N(C)N21. The van der Waals surface area contributed by atoms with Gasteiger partial charge in [-0.05, 0) is 36.4 Å². The lowest BCUT2D eigenvalue weighted by molar-refractivity contribution is 0.0840. The number of carbonyl (C=O) groups is 1. The predicted molar refractivity (Wildman–Crippen MR) is 150 cm³/mol. The van der Waals surface area contributed by atoms with E-state index in [0.29, 0.717) is 37.1 Å².